The number of piperazine rings is 1. The number of likely N-dealkylation sites (tertiary alicyclic amines) is 1. The second-order valence-corrected chi connectivity index (χ2v) is 10.6. The Balaban J connectivity index is 1.18. The van der Waals surface area contributed by atoms with E-state index in [2.05, 4.69) is 26.2 Å². The van der Waals surface area contributed by atoms with Crippen LogP contribution in [-0.4, -0.2) is 73.2 Å². The summed E-state index contributed by atoms with van der Waals surface area (Å²) < 4.78 is 17.3. The fraction of sp³-hybridized carbons (Fsp3) is 0.406. The second kappa shape index (κ2) is 13.5. The number of methoxy groups -OCH3 is 2. The van der Waals surface area contributed by atoms with Crippen molar-refractivity contribution in [1.82, 2.24) is 14.8 Å². The zero-order valence-corrected chi connectivity index (χ0v) is 23.7. The predicted molar refractivity (Wildman–Crippen MR) is 156 cm³/mol. The molecule has 2 fully saturated rings. The van der Waals surface area contributed by atoms with Gasteiger partial charge < -0.3 is 19.5 Å². The van der Waals surface area contributed by atoms with Crippen LogP contribution < -0.4 is 19.5 Å². The number of nitrogens with zero attached hydrogens (tertiary/aromatic N) is 4. The lowest BCUT2D eigenvalue weighted by Gasteiger charge is -2.41. The first-order chi connectivity index (χ1) is 20.1. The van der Waals surface area contributed by atoms with Crippen LogP contribution >= 0.6 is 0 Å². The number of nitriles is 1. The number of hydrogen-bond acceptors (Lipinski definition) is 8. The first kappa shape index (κ1) is 28.4. The summed E-state index contributed by atoms with van der Waals surface area (Å²) in [6.45, 7) is 3.18. The van der Waals surface area contributed by atoms with Gasteiger partial charge in [0, 0.05) is 37.4 Å². The zero-order valence-electron chi connectivity index (χ0n) is 23.7. The maximum atomic E-state index is 12.6. The summed E-state index contributed by atoms with van der Waals surface area (Å²) >= 11 is 0. The molecule has 3 unspecified atom stereocenters. The molecule has 2 aromatic carbocycles. The maximum absolute atomic E-state index is 12.6. The van der Waals surface area contributed by atoms with Gasteiger partial charge in [0.1, 0.15) is 11.9 Å². The number of hydrogen-bond donors (Lipinski definition) is 1. The van der Waals surface area contributed by atoms with Crippen molar-refractivity contribution in [3.8, 4) is 23.3 Å². The maximum Gasteiger partial charge on any atom is 0.238 e. The standard InChI is InChI=1S/C32H37N5O4/c1-39-30-14-13-28(17-31(30)40-2)41-29(24-9-7-23(18-33)8-10-24)6-4-16-37-26-11-12-27(37)21-36(20-26)22-32(38)35-25-5-3-15-34-19-25/h3,5,7-10,13-15,17,19,26-27,29H,4,6,11-12,16,20-22H2,1-2H3,(H,35,38). The summed E-state index contributed by atoms with van der Waals surface area (Å²) in [5.41, 5.74) is 2.39. The molecule has 1 aromatic heterocycles. The van der Waals surface area contributed by atoms with Crippen molar-refractivity contribution in [2.75, 3.05) is 45.7 Å². The van der Waals surface area contributed by atoms with Gasteiger partial charge in [-0.05, 0) is 74.2 Å². The third-order valence-electron chi connectivity index (χ3n) is 7.95. The molecule has 3 heterocycles. The molecule has 214 valence electrons. The second-order valence-electron chi connectivity index (χ2n) is 10.6. The van der Waals surface area contributed by atoms with Gasteiger partial charge in [0.15, 0.2) is 11.5 Å². The van der Waals surface area contributed by atoms with Crippen molar-refractivity contribution in [1.29, 1.82) is 5.26 Å². The highest BCUT2D eigenvalue weighted by atomic mass is 16.5. The average Bonchev–Trinajstić information content (AvgIpc) is 3.24. The number of aromatic nitrogens is 1. The lowest BCUT2D eigenvalue weighted by molar-refractivity contribution is -0.118. The summed E-state index contributed by atoms with van der Waals surface area (Å²) in [5.74, 6) is 1.98. The number of ether oxygens (including phenoxy) is 3. The van der Waals surface area contributed by atoms with Gasteiger partial charge in [-0.2, -0.15) is 5.26 Å². The topological polar surface area (TPSA) is 100.0 Å². The van der Waals surface area contributed by atoms with Gasteiger partial charge in [0.25, 0.3) is 0 Å². The largest absolute Gasteiger partial charge is 0.493 e. The van der Waals surface area contributed by atoms with Gasteiger partial charge in [-0.3, -0.25) is 19.6 Å². The Labute approximate surface area is 241 Å². The Morgan fingerprint density at radius 1 is 1.07 bits per heavy atom. The van der Waals surface area contributed by atoms with E-state index in [9.17, 15) is 10.1 Å². The monoisotopic (exact) mass is 555 g/mol. The number of fused-ring (bicyclic) bond motifs is 2. The van der Waals surface area contributed by atoms with Gasteiger partial charge in [-0.1, -0.05) is 12.1 Å². The lowest BCUT2D eigenvalue weighted by Crippen LogP contribution is -2.55. The van der Waals surface area contributed by atoms with Gasteiger partial charge in [0.2, 0.25) is 5.91 Å². The molecule has 41 heavy (non-hydrogen) atoms. The molecule has 0 radical (unpaired) electrons. The van der Waals surface area contributed by atoms with Crippen molar-refractivity contribution >= 4 is 11.6 Å². The summed E-state index contributed by atoms with van der Waals surface area (Å²) in [6, 6.07) is 20.0. The Hall–Kier alpha value is -4.13. The summed E-state index contributed by atoms with van der Waals surface area (Å²) in [5, 5.41) is 12.2. The normalized spacial score (nSPS) is 19.2. The molecular weight excluding hydrogens is 518 g/mol. The van der Waals surface area contributed by atoms with Crippen LogP contribution in [0.2, 0.25) is 0 Å². The molecule has 9 nitrogen and oxygen atoms in total. The molecule has 5 rings (SSSR count). The van der Waals surface area contributed by atoms with Crippen LogP contribution in [-0.2, 0) is 4.79 Å². The fourth-order valence-corrected chi connectivity index (χ4v) is 5.99. The highest BCUT2D eigenvalue weighted by Crippen LogP contribution is 2.35. The summed E-state index contributed by atoms with van der Waals surface area (Å²) in [6.07, 6.45) is 7.30. The van der Waals surface area contributed by atoms with E-state index in [4.69, 9.17) is 14.2 Å². The van der Waals surface area contributed by atoms with E-state index in [-0.39, 0.29) is 12.0 Å². The van der Waals surface area contributed by atoms with Crippen molar-refractivity contribution in [3.63, 3.8) is 0 Å². The molecule has 0 spiro atoms. The average molecular weight is 556 g/mol. The molecule has 3 aromatic rings. The Kier molecular flexibility index (Phi) is 9.34. The molecule has 2 aliphatic rings. The molecule has 9 heteroatoms. The Morgan fingerprint density at radius 3 is 2.49 bits per heavy atom. The predicted octanol–water partition coefficient (Wildman–Crippen LogP) is 4.66. The molecule has 3 atom stereocenters. The summed E-state index contributed by atoms with van der Waals surface area (Å²) in [4.78, 5) is 21.6. The first-order valence-corrected chi connectivity index (χ1v) is 14.1. The number of anilines is 1. The van der Waals surface area contributed by atoms with E-state index in [0.29, 0.717) is 41.4 Å². The Morgan fingerprint density at radius 2 is 1.83 bits per heavy atom. The van der Waals surface area contributed by atoms with Gasteiger partial charge in [0.05, 0.1) is 44.3 Å². The number of amides is 1. The van der Waals surface area contributed by atoms with Gasteiger partial charge in [-0.25, -0.2) is 0 Å². The molecule has 1 N–H and O–H groups in total. The van der Waals surface area contributed by atoms with E-state index in [1.54, 1.807) is 26.6 Å². The van der Waals surface area contributed by atoms with Crippen LogP contribution in [0, 0.1) is 11.3 Å². The number of carbonyl (C=O) groups excluding carboxylic acids is 1. The van der Waals surface area contributed by atoms with Gasteiger partial charge >= 0.3 is 0 Å². The minimum Gasteiger partial charge on any atom is -0.493 e. The van der Waals surface area contributed by atoms with Crippen molar-refractivity contribution in [2.45, 2.75) is 43.9 Å². The number of rotatable bonds is 12. The first-order valence-electron chi connectivity index (χ1n) is 14.1. The third-order valence-corrected chi connectivity index (χ3v) is 7.95. The fourth-order valence-electron chi connectivity index (χ4n) is 5.99. The quantitative estimate of drug-likeness (QED) is 0.345. The van der Waals surface area contributed by atoms with E-state index >= 15 is 0 Å². The van der Waals surface area contributed by atoms with Crippen LogP contribution in [0.3, 0.4) is 0 Å². The molecule has 2 saturated heterocycles. The van der Waals surface area contributed by atoms with Gasteiger partial charge in [-0.15, -0.1) is 0 Å². The van der Waals surface area contributed by atoms with Crippen molar-refractivity contribution < 1.29 is 19.0 Å². The molecule has 2 aliphatic heterocycles. The van der Waals surface area contributed by atoms with Crippen LogP contribution in [0.4, 0.5) is 5.69 Å². The third kappa shape index (κ3) is 7.15. The SMILES string of the molecule is COc1ccc(OC(CCCN2C3CCC2CN(CC(=O)Nc2cccnc2)C3)c2ccc(C#N)cc2)cc1OC. The molecule has 1 amide bonds. The Bertz CT molecular complexity index is 1330. The van der Waals surface area contributed by atoms with E-state index in [0.717, 1.165) is 56.6 Å². The lowest BCUT2D eigenvalue weighted by atomic mass is 10.0. The number of benzene rings is 2. The van der Waals surface area contributed by atoms with Crippen molar-refractivity contribution in [3.05, 3.63) is 78.1 Å². The van der Waals surface area contributed by atoms with E-state index in [1.807, 2.05) is 54.6 Å². The van der Waals surface area contributed by atoms with Crippen LogP contribution in [0.5, 0.6) is 17.2 Å². The number of carbonyl (C=O) groups is 1. The molecular formula is C32H37N5O4. The minimum atomic E-state index is -0.170. The molecule has 0 aliphatic carbocycles. The van der Waals surface area contributed by atoms with Crippen molar-refractivity contribution in [2.24, 2.45) is 0 Å². The van der Waals surface area contributed by atoms with Crippen LogP contribution in [0.25, 0.3) is 0 Å². The minimum absolute atomic E-state index is 0.00317. The highest BCUT2D eigenvalue weighted by Gasteiger charge is 2.39. The molecule has 0 saturated carbocycles. The van der Waals surface area contributed by atoms with E-state index < -0.39 is 0 Å². The van der Waals surface area contributed by atoms with E-state index in [1.165, 1.54) is 0 Å². The number of nitrogens with one attached hydrogen (secondary N) is 1. The zero-order chi connectivity index (χ0) is 28.6. The van der Waals surface area contributed by atoms with Crippen LogP contribution in [0.1, 0.15) is 42.9 Å². The number of pyridine rings is 1. The smallest absolute Gasteiger partial charge is 0.238 e. The highest BCUT2D eigenvalue weighted by molar-refractivity contribution is 5.92. The van der Waals surface area contributed by atoms with Crippen LogP contribution in [0.15, 0.2) is 67.0 Å². The summed E-state index contributed by atoms with van der Waals surface area (Å²) in [7, 11) is 3.23. The molecule has 2 bridgehead atoms.